The summed E-state index contributed by atoms with van der Waals surface area (Å²) in [7, 11) is 0. The number of carbonyl (C=O) groups excluding carboxylic acids is 1. The quantitative estimate of drug-likeness (QED) is 0.524. The Balaban J connectivity index is 2.11. The molecule has 0 unspecified atom stereocenters. The van der Waals surface area contributed by atoms with Crippen molar-refractivity contribution in [2.45, 2.75) is 18.1 Å². The minimum Gasteiger partial charge on any atom is -0.303 e. The second-order valence-corrected chi connectivity index (χ2v) is 3.36. The Kier molecular flexibility index (Phi) is 1.95. The van der Waals surface area contributed by atoms with Crippen LogP contribution in [0.1, 0.15) is 12.8 Å². The largest absolute Gasteiger partial charge is 0.303 e. The average Bonchev–Trinajstić information content (AvgIpc) is 1.65. The van der Waals surface area contributed by atoms with Crippen LogP contribution in [0.25, 0.3) is 0 Å². The first kappa shape index (κ1) is 6.14. The Morgan fingerprint density at radius 3 is 2.62 bits per heavy atom. The zero-order valence-electron chi connectivity index (χ0n) is 4.96. The number of hydrogen-bond donors (Lipinski definition) is 0. The van der Waals surface area contributed by atoms with E-state index in [1.54, 1.807) is 0 Å². The molecule has 1 aliphatic carbocycles. The summed E-state index contributed by atoms with van der Waals surface area (Å²) in [5.41, 5.74) is 0. The first-order valence-electron chi connectivity index (χ1n) is 2.85. The number of thioether (sulfide) groups is 1. The molecule has 1 nitrogen and oxygen atoms in total. The van der Waals surface area contributed by atoms with Crippen molar-refractivity contribution in [2.24, 2.45) is 5.92 Å². The van der Waals surface area contributed by atoms with Gasteiger partial charge in [-0.3, -0.25) is 0 Å². The molecule has 8 heavy (non-hydrogen) atoms. The van der Waals surface area contributed by atoms with Gasteiger partial charge in [-0.05, 0) is 19.1 Å². The van der Waals surface area contributed by atoms with Crippen molar-refractivity contribution in [3.05, 3.63) is 0 Å². The number of hydrogen-bond acceptors (Lipinski definition) is 2. The molecule has 0 bridgehead atoms. The highest BCUT2D eigenvalue weighted by Gasteiger charge is 2.27. The minimum atomic E-state index is 0.396. The van der Waals surface area contributed by atoms with Gasteiger partial charge in [0.25, 0.3) is 0 Å². The van der Waals surface area contributed by atoms with Crippen LogP contribution in [0.4, 0.5) is 0 Å². The van der Waals surface area contributed by atoms with Crippen molar-refractivity contribution in [1.29, 1.82) is 0 Å². The van der Waals surface area contributed by atoms with Crippen LogP contribution in [0.15, 0.2) is 0 Å². The van der Waals surface area contributed by atoms with Crippen LogP contribution in [-0.2, 0) is 4.79 Å². The van der Waals surface area contributed by atoms with E-state index in [0.29, 0.717) is 5.92 Å². The van der Waals surface area contributed by atoms with E-state index in [2.05, 4.69) is 6.26 Å². The molecule has 0 N–H and O–H groups in total. The fraction of sp³-hybridized carbons (Fsp3) is 0.833. The van der Waals surface area contributed by atoms with Crippen LogP contribution in [0.5, 0.6) is 0 Å². The Hall–Kier alpha value is 0.0200. The maximum atomic E-state index is 10.0. The smallest absolute Gasteiger partial charge is 0.123 e. The summed E-state index contributed by atoms with van der Waals surface area (Å²) < 4.78 is 0. The van der Waals surface area contributed by atoms with E-state index in [-0.39, 0.29) is 0 Å². The van der Waals surface area contributed by atoms with Crippen LogP contribution in [0, 0.1) is 5.92 Å². The van der Waals surface area contributed by atoms with E-state index < -0.39 is 0 Å². The van der Waals surface area contributed by atoms with Crippen molar-refractivity contribution >= 4 is 18.0 Å². The highest BCUT2D eigenvalue weighted by molar-refractivity contribution is 7.99. The van der Waals surface area contributed by atoms with Crippen molar-refractivity contribution in [3.63, 3.8) is 0 Å². The number of rotatable bonds is 2. The van der Waals surface area contributed by atoms with Gasteiger partial charge in [-0.25, -0.2) is 0 Å². The zero-order valence-corrected chi connectivity index (χ0v) is 5.78. The predicted octanol–water partition coefficient (Wildman–Crippen LogP) is 1.33. The predicted molar refractivity (Wildman–Crippen MR) is 36.1 cm³/mol. The third kappa shape index (κ3) is 1.05. The normalized spacial score (nSPS) is 36.1. The summed E-state index contributed by atoms with van der Waals surface area (Å²) in [6.07, 6.45) is 5.41. The van der Waals surface area contributed by atoms with Gasteiger partial charge in [0.15, 0.2) is 0 Å². The molecule has 2 heteroatoms. The lowest BCUT2D eigenvalue weighted by Gasteiger charge is -2.29. The molecule has 0 heterocycles. The summed E-state index contributed by atoms with van der Waals surface area (Å²) in [5.74, 6) is 0.396. The van der Waals surface area contributed by atoms with Gasteiger partial charge in [-0.2, -0.15) is 11.8 Å². The molecule has 0 spiro atoms. The van der Waals surface area contributed by atoms with Crippen LogP contribution >= 0.6 is 11.8 Å². The topological polar surface area (TPSA) is 17.1 Å². The maximum Gasteiger partial charge on any atom is 0.123 e. The van der Waals surface area contributed by atoms with Gasteiger partial charge < -0.3 is 4.79 Å². The number of carbonyl (C=O) groups is 1. The fourth-order valence-corrected chi connectivity index (χ4v) is 1.79. The maximum absolute atomic E-state index is 10.0. The van der Waals surface area contributed by atoms with Gasteiger partial charge in [-0.15, -0.1) is 0 Å². The third-order valence-electron chi connectivity index (χ3n) is 1.66. The average molecular weight is 130 g/mol. The monoisotopic (exact) mass is 130 g/mol. The summed E-state index contributed by atoms with van der Waals surface area (Å²) in [6.45, 7) is 0. The van der Waals surface area contributed by atoms with Crippen molar-refractivity contribution in [2.75, 3.05) is 6.26 Å². The van der Waals surface area contributed by atoms with Gasteiger partial charge in [0, 0.05) is 11.2 Å². The second kappa shape index (κ2) is 2.53. The fourth-order valence-electron chi connectivity index (χ4n) is 0.910. The van der Waals surface area contributed by atoms with E-state index in [1.807, 2.05) is 11.8 Å². The molecule has 1 aliphatic rings. The molecule has 0 saturated heterocycles. The second-order valence-electron chi connectivity index (χ2n) is 2.23. The Morgan fingerprint density at radius 1 is 1.62 bits per heavy atom. The molecule has 0 atom stereocenters. The standard InChI is InChI=1S/C6H10OS/c1-8-6-2-5(3-6)4-7/h4-6H,2-3H2,1H3. The lowest BCUT2D eigenvalue weighted by molar-refractivity contribution is -0.112. The molecular weight excluding hydrogens is 120 g/mol. The Labute approximate surface area is 53.8 Å². The lowest BCUT2D eigenvalue weighted by atomic mass is 9.86. The van der Waals surface area contributed by atoms with Gasteiger partial charge in [0.05, 0.1) is 0 Å². The van der Waals surface area contributed by atoms with Crippen LogP contribution < -0.4 is 0 Å². The van der Waals surface area contributed by atoms with E-state index in [4.69, 9.17) is 0 Å². The Morgan fingerprint density at radius 2 is 2.25 bits per heavy atom. The highest BCUT2D eigenvalue weighted by atomic mass is 32.2. The molecule has 0 radical (unpaired) electrons. The van der Waals surface area contributed by atoms with Crippen molar-refractivity contribution < 1.29 is 4.79 Å². The third-order valence-corrected chi connectivity index (χ3v) is 2.71. The summed E-state index contributed by atoms with van der Waals surface area (Å²) in [6, 6.07) is 0. The molecular formula is C6H10OS. The molecule has 1 rings (SSSR count). The molecule has 0 aromatic rings. The van der Waals surface area contributed by atoms with E-state index in [9.17, 15) is 4.79 Å². The van der Waals surface area contributed by atoms with Crippen LogP contribution in [-0.4, -0.2) is 17.8 Å². The van der Waals surface area contributed by atoms with E-state index >= 15 is 0 Å². The SMILES string of the molecule is CSC1CC(C=O)C1. The molecule has 1 fully saturated rings. The van der Waals surface area contributed by atoms with Gasteiger partial charge in [0.2, 0.25) is 0 Å². The molecule has 0 aromatic carbocycles. The zero-order chi connectivity index (χ0) is 5.98. The Bertz CT molecular complexity index is 86.5. The number of aldehydes is 1. The van der Waals surface area contributed by atoms with Gasteiger partial charge >= 0.3 is 0 Å². The van der Waals surface area contributed by atoms with E-state index in [1.165, 1.54) is 0 Å². The molecule has 0 aliphatic heterocycles. The molecule has 0 amide bonds. The minimum absolute atomic E-state index is 0.396. The molecule has 46 valence electrons. The highest BCUT2D eigenvalue weighted by Crippen LogP contribution is 2.33. The molecule has 0 aromatic heterocycles. The summed E-state index contributed by atoms with van der Waals surface area (Å²) >= 11 is 1.87. The summed E-state index contributed by atoms with van der Waals surface area (Å²) in [5, 5.41) is 0.783. The molecule has 1 saturated carbocycles. The van der Waals surface area contributed by atoms with Gasteiger partial charge in [-0.1, -0.05) is 0 Å². The van der Waals surface area contributed by atoms with Gasteiger partial charge in [0.1, 0.15) is 6.29 Å². The van der Waals surface area contributed by atoms with Crippen LogP contribution in [0.3, 0.4) is 0 Å². The summed E-state index contributed by atoms with van der Waals surface area (Å²) in [4.78, 5) is 10.0. The van der Waals surface area contributed by atoms with E-state index in [0.717, 1.165) is 24.4 Å². The first-order valence-corrected chi connectivity index (χ1v) is 4.13. The van der Waals surface area contributed by atoms with Crippen molar-refractivity contribution in [3.8, 4) is 0 Å². The van der Waals surface area contributed by atoms with Crippen LogP contribution in [0.2, 0.25) is 0 Å². The van der Waals surface area contributed by atoms with Crippen molar-refractivity contribution in [1.82, 2.24) is 0 Å². The first-order chi connectivity index (χ1) is 3.86. The lowest BCUT2D eigenvalue weighted by Crippen LogP contribution is -2.26.